The van der Waals surface area contributed by atoms with Crippen LogP contribution in [0.5, 0.6) is 0 Å². The number of benzene rings is 3. The molecule has 0 bridgehead atoms. The Balaban J connectivity index is 1.78. The number of amides is 2. The lowest BCUT2D eigenvalue weighted by Gasteiger charge is -2.22. The van der Waals surface area contributed by atoms with E-state index in [-0.39, 0.29) is 28.0 Å². The number of carbonyl (C=O) groups is 2. The van der Waals surface area contributed by atoms with Gasteiger partial charge in [-0.2, -0.15) is 0 Å². The Labute approximate surface area is 202 Å². The molecule has 0 heterocycles. The van der Waals surface area contributed by atoms with Gasteiger partial charge in [0.05, 0.1) is 34.3 Å². The first-order valence-electron chi connectivity index (χ1n) is 10.2. The fourth-order valence-corrected chi connectivity index (χ4v) is 4.27. The Morgan fingerprint density at radius 3 is 2.32 bits per heavy atom. The van der Waals surface area contributed by atoms with Gasteiger partial charge < -0.3 is 10.6 Å². The molecule has 0 aliphatic carbocycles. The fraction of sp³-hybridized carbons (Fsp3) is 0.167. The highest BCUT2D eigenvalue weighted by atomic mass is 35.5. The van der Waals surface area contributed by atoms with E-state index < -0.39 is 34.2 Å². The Hall–Kier alpha value is -3.43. The summed E-state index contributed by atoms with van der Waals surface area (Å²) >= 11 is 5.77. The highest BCUT2D eigenvalue weighted by Crippen LogP contribution is 2.25. The Bertz CT molecular complexity index is 1300. The van der Waals surface area contributed by atoms with E-state index in [4.69, 9.17) is 11.6 Å². The molecule has 7 nitrogen and oxygen atoms in total. The summed E-state index contributed by atoms with van der Waals surface area (Å²) in [6.45, 7) is 1.24. The molecule has 0 unspecified atom stereocenters. The van der Waals surface area contributed by atoms with Crippen LogP contribution in [0, 0.1) is 5.82 Å². The minimum Gasteiger partial charge on any atom is -0.345 e. The van der Waals surface area contributed by atoms with Gasteiger partial charge in [0, 0.05) is 0 Å². The molecule has 0 saturated carbocycles. The number of para-hydroxylation sites is 1. The molecule has 0 aliphatic rings. The van der Waals surface area contributed by atoms with Crippen LogP contribution in [0.25, 0.3) is 0 Å². The third kappa shape index (κ3) is 6.33. The van der Waals surface area contributed by atoms with E-state index in [1.54, 1.807) is 24.3 Å². The van der Waals surface area contributed by atoms with Crippen molar-refractivity contribution in [1.82, 2.24) is 5.32 Å². The second-order valence-corrected chi connectivity index (χ2v) is 9.88. The minimum absolute atomic E-state index is 0.0340. The number of sulfonamides is 1. The summed E-state index contributed by atoms with van der Waals surface area (Å²) in [5.41, 5.74) is 1.39. The van der Waals surface area contributed by atoms with Crippen molar-refractivity contribution in [2.45, 2.75) is 13.0 Å². The molecule has 0 spiro atoms. The smallest absolute Gasteiger partial charge is 0.253 e. The first-order valence-corrected chi connectivity index (χ1v) is 12.5. The Morgan fingerprint density at radius 2 is 1.68 bits per heavy atom. The van der Waals surface area contributed by atoms with Gasteiger partial charge in [-0.25, -0.2) is 12.8 Å². The summed E-state index contributed by atoms with van der Waals surface area (Å²) < 4.78 is 38.9. The number of carbonyl (C=O) groups excluding carboxylic acids is 2. The predicted octanol–water partition coefficient (Wildman–Crippen LogP) is 4.37. The van der Waals surface area contributed by atoms with Crippen LogP contribution in [0.4, 0.5) is 15.8 Å². The zero-order chi connectivity index (χ0) is 24.9. The normalized spacial score (nSPS) is 12.0. The van der Waals surface area contributed by atoms with Crippen LogP contribution in [0.3, 0.4) is 0 Å². The van der Waals surface area contributed by atoms with Crippen molar-refractivity contribution in [3.63, 3.8) is 0 Å². The lowest BCUT2D eigenvalue weighted by molar-refractivity contribution is -0.114. The van der Waals surface area contributed by atoms with Crippen LogP contribution in [0.1, 0.15) is 28.9 Å². The van der Waals surface area contributed by atoms with Crippen LogP contribution >= 0.6 is 11.6 Å². The number of nitrogens with zero attached hydrogens (tertiary/aromatic N) is 1. The summed E-state index contributed by atoms with van der Waals surface area (Å²) in [7, 11) is -3.90. The van der Waals surface area contributed by atoms with Crippen molar-refractivity contribution in [3.05, 3.63) is 94.8 Å². The zero-order valence-electron chi connectivity index (χ0n) is 18.5. The third-order valence-electron chi connectivity index (χ3n) is 4.97. The maximum Gasteiger partial charge on any atom is 0.253 e. The largest absolute Gasteiger partial charge is 0.345 e. The average Bonchev–Trinajstić information content (AvgIpc) is 2.79. The maximum atomic E-state index is 13.5. The van der Waals surface area contributed by atoms with Crippen LogP contribution in [0.2, 0.25) is 5.02 Å². The topological polar surface area (TPSA) is 95.6 Å². The van der Waals surface area contributed by atoms with Crippen molar-refractivity contribution in [3.8, 4) is 0 Å². The molecular formula is C24H23ClFN3O4S. The van der Waals surface area contributed by atoms with Gasteiger partial charge in [-0.3, -0.25) is 13.9 Å². The lowest BCUT2D eigenvalue weighted by atomic mass is 10.1. The Kier molecular flexibility index (Phi) is 7.90. The summed E-state index contributed by atoms with van der Waals surface area (Å²) in [5.74, 6) is -1.81. The molecule has 0 aromatic heterocycles. The molecule has 1 atom stereocenters. The van der Waals surface area contributed by atoms with Gasteiger partial charge in [0.15, 0.2) is 0 Å². The van der Waals surface area contributed by atoms with Gasteiger partial charge in [0.25, 0.3) is 5.91 Å². The molecule has 178 valence electrons. The monoisotopic (exact) mass is 503 g/mol. The Morgan fingerprint density at radius 1 is 1.03 bits per heavy atom. The number of rotatable bonds is 8. The minimum atomic E-state index is -3.90. The maximum absolute atomic E-state index is 13.5. The predicted molar refractivity (Wildman–Crippen MR) is 131 cm³/mol. The zero-order valence-corrected chi connectivity index (χ0v) is 20.0. The molecule has 0 saturated heterocycles. The van der Waals surface area contributed by atoms with Gasteiger partial charge >= 0.3 is 0 Å². The molecule has 3 aromatic rings. The van der Waals surface area contributed by atoms with E-state index >= 15 is 0 Å². The first kappa shape index (κ1) is 25.2. The number of hydrogen-bond donors (Lipinski definition) is 2. The number of anilines is 2. The molecule has 3 aromatic carbocycles. The van der Waals surface area contributed by atoms with Crippen LogP contribution in [-0.2, 0) is 14.8 Å². The summed E-state index contributed by atoms with van der Waals surface area (Å²) in [5, 5.41) is 5.19. The van der Waals surface area contributed by atoms with Gasteiger partial charge in [0.2, 0.25) is 15.9 Å². The van der Waals surface area contributed by atoms with Crippen molar-refractivity contribution < 1.29 is 22.4 Å². The average molecular weight is 504 g/mol. The molecule has 0 radical (unpaired) electrons. The number of halogens is 2. The molecule has 2 N–H and O–H groups in total. The number of hydrogen-bond acceptors (Lipinski definition) is 4. The van der Waals surface area contributed by atoms with Crippen molar-refractivity contribution in [2.75, 3.05) is 22.4 Å². The van der Waals surface area contributed by atoms with Crippen LogP contribution < -0.4 is 14.9 Å². The van der Waals surface area contributed by atoms with Gasteiger partial charge in [-0.1, -0.05) is 54.1 Å². The molecule has 0 aliphatic heterocycles. The van der Waals surface area contributed by atoms with E-state index in [1.807, 2.05) is 37.3 Å². The molecule has 3 rings (SSSR count). The van der Waals surface area contributed by atoms with Gasteiger partial charge in [0.1, 0.15) is 12.4 Å². The second kappa shape index (κ2) is 10.7. The SMILES string of the molecule is C[C@@H](NC(=O)c1ccccc1NC(=O)CN(c1ccc(F)c(Cl)c1)S(C)(=O)=O)c1ccccc1. The lowest BCUT2D eigenvalue weighted by Crippen LogP contribution is -2.38. The molecular weight excluding hydrogens is 481 g/mol. The van der Waals surface area contributed by atoms with Gasteiger partial charge in [-0.15, -0.1) is 0 Å². The van der Waals surface area contributed by atoms with E-state index in [2.05, 4.69) is 10.6 Å². The molecule has 2 amide bonds. The van der Waals surface area contributed by atoms with Crippen molar-refractivity contribution >= 4 is 44.8 Å². The van der Waals surface area contributed by atoms with Gasteiger partial charge in [-0.05, 0) is 42.8 Å². The fourth-order valence-electron chi connectivity index (χ4n) is 3.25. The van der Waals surface area contributed by atoms with E-state index in [9.17, 15) is 22.4 Å². The number of nitrogens with one attached hydrogen (secondary N) is 2. The van der Waals surface area contributed by atoms with Crippen LogP contribution in [-0.4, -0.2) is 33.0 Å². The quantitative estimate of drug-likeness (QED) is 0.477. The van der Waals surface area contributed by atoms with Crippen molar-refractivity contribution in [1.29, 1.82) is 0 Å². The standard InChI is InChI=1S/C24H23ClFN3O4S/c1-16(17-8-4-3-5-9-17)27-24(31)19-10-6-7-11-22(19)28-23(30)15-29(34(2,32)33)18-12-13-21(26)20(25)14-18/h3-14,16H,15H2,1-2H3,(H,27,31)(H,28,30)/t16-/m1/s1. The van der Waals surface area contributed by atoms with E-state index in [0.29, 0.717) is 0 Å². The molecule has 10 heteroatoms. The van der Waals surface area contributed by atoms with Crippen LogP contribution in [0.15, 0.2) is 72.8 Å². The first-order chi connectivity index (χ1) is 16.1. The molecule has 0 fully saturated rings. The highest BCUT2D eigenvalue weighted by molar-refractivity contribution is 7.92. The summed E-state index contributed by atoms with van der Waals surface area (Å²) in [4.78, 5) is 25.6. The third-order valence-corrected chi connectivity index (χ3v) is 6.40. The highest BCUT2D eigenvalue weighted by Gasteiger charge is 2.23. The van der Waals surface area contributed by atoms with Crippen molar-refractivity contribution in [2.24, 2.45) is 0 Å². The molecule has 34 heavy (non-hydrogen) atoms. The second-order valence-electron chi connectivity index (χ2n) is 7.57. The van der Waals surface area contributed by atoms with E-state index in [0.717, 1.165) is 28.3 Å². The summed E-state index contributed by atoms with van der Waals surface area (Å²) in [6.07, 6.45) is 0.921. The summed E-state index contributed by atoms with van der Waals surface area (Å²) in [6, 6.07) is 18.9. The van der Waals surface area contributed by atoms with E-state index in [1.165, 1.54) is 6.07 Å².